The summed E-state index contributed by atoms with van der Waals surface area (Å²) < 4.78 is 0. The van der Waals surface area contributed by atoms with E-state index in [0.29, 0.717) is 12.0 Å². The summed E-state index contributed by atoms with van der Waals surface area (Å²) in [5.74, 6) is 0.555. The van der Waals surface area contributed by atoms with Crippen LogP contribution in [-0.2, 0) is 0 Å². The highest BCUT2D eigenvalue weighted by Gasteiger charge is 2.21. The van der Waals surface area contributed by atoms with Gasteiger partial charge in [-0.25, -0.2) is 0 Å². The molecule has 2 rings (SSSR count). The summed E-state index contributed by atoms with van der Waals surface area (Å²) in [5, 5.41) is 0. The summed E-state index contributed by atoms with van der Waals surface area (Å²) >= 11 is 0. The van der Waals surface area contributed by atoms with Crippen molar-refractivity contribution in [2.45, 2.75) is 32.7 Å². The zero-order valence-corrected chi connectivity index (χ0v) is 8.41. The van der Waals surface area contributed by atoms with Crippen LogP contribution >= 0.6 is 0 Å². The van der Waals surface area contributed by atoms with Crippen molar-refractivity contribution in [1.82, 2.24) is 0 Å². The van der Waals surface area contributed by atoms with Crippen LogP contribution in [0.1, 0.15) is 37.8 Å². The first kappa shape index (κ1) is 8.49. The Balaban J connectivity index is 2.58. The highest BCUT2D eigenvalue weighted by molar-refractivity contribution is 6.01. The summed E-state index contributed by atoms with van der Waals surface area (Å²) in [7, 11) is 0. The van der Waals surface area contributed by atoms with Crippen molar-refractivity contribution >= 4 is 5.71 Å². The second-order valence-corrected chi connectivity index (χ2v) is 3.83. The Morgan fingerprint density at radius 1 is 1.15 bits per heavy atom. The van der Waals surface area contributed by atoms with Gasteiger partial charge in [-0.1, -0.05) is 31.2 Å². The number of hydrogen-bond donors (Lipinski definition) is 0. The van der Waals surface area contributed by atoms with E-state index < -0.39 is 0 Å². The highest BCUT2D eigenvalue weighted by Crippen LogP contribution is 2.29. The molecule has 0 saturated heterocycles. The molecule has 0 aliphatic carbocycles. The number of hydrogen-bond acceptors (Lipinski definition) is 1. The lowest BCUT2D eigenvalue weighted by Crippen LogP contribution is -2.20. The van der Waals surface area contributed by atoms with E-state index >= 15 is 0 Å². The van der Waals surface area contributed by atoms with Crippen molar-refractivity contribution in [3.63, 3.8) is 0 Å². The Morgan fingerprint density at radius 2 is 1.85 bits per heavy atom. The van der Waals surface area contributed by atoms with Crippen molar-refractivity contribution < 1.29 is 0 Å². The standard InChI is InChI=1S/C12H15N/c1-8-9(2)13-10(3)12-7-5-4-6-11(8)12/h4-9H,1-3H3. The molecule has 0 N–H and O–H groups in total. The van der Waals surface area contributed by atoms with Crippen LogP contribution in [0.2, 0.25) is 0 Å². The summed E-state index contributed by atoms with van der Waals surface area (Å²) in [4.78, 5) is 4.62. The molecule has 0 bridgehead atoms. The van der Waals surface area contributed by atoms with Gasteiger partial charge in [0, 0.05) is 11.6 Å². The molecule has 0 amide bonds. The first-order valence-corrected chi connectivity index (χ1v) is 4.84. The lowest BCUT2D eigenvalue weighted by molar-refractivity contribution is 0.605. The molecule has 1 heterocycles. The van der Waals surface area contributed by atoms with E-state index in [-0.39, 0.29) is 0 Å². The normalized spacial score (nSPS) is 26.5. The third-order valence-electron chi connectivity index (χ3n) is 2.96. The second-order valence-electron chi connectivity index (χ2n) is 3.83. The van der Waals surface area contributed by atoms with Crippen molar-refractivity contribution in [3.8, 4) is 0 Å². The Labute approximate surface area is 79.5 Å². The van der Waals surface area contributed by atoms with Crippen LogP contribution in [0.3, 0.4) is 0 Å². The van der Waals surface area contributed by atoms with Crippen molar-refractivity contribution in [2.24, 2.45) is 4.99 Å². The molecule has 2 unspecified atom stereocenters. The maximum atomic E-state index is 4.62. The molecule has 2 atom stereocenters. The maximum absolute atomic E-state index is 4.62. The molecule has 1 aliphatic rings. The summed E-state index contributed by atoms with van der Waals surface area (Å²) in [6, 6.07) is 9.00. The van der Waals surface area contributed by atoms with Crippen molar-refractivity contribution in [2.75, 3.05) is 0 Å². The summed E-state index contributed by atoms with van der Waals surface area (Å²) in [6.45, 7) is 6.53. The van der Waals surface area contributed by atoms with E-state index in [4.69, 9.17) is 0 Å². The molecule has 0 spiro atoms. The van der Waals surface area contributed by atoms with Gasteiger partial charge in [-0.2, -0.15) is 0 Å². The third-order valence-corrected chi connectivity index (χ3v) is 2.96. The second kappa shape index (κ2) is 2.99. The largest absolute Gasteiger partial charge is 0.286 e. The fourth-order valence-electron chi connectivity index (χ4n) is 1.97. The van der Waals surface area contributed by atoms with Gasteiger partial charge in [-0.3, -0.25) is 4.99 Å². The summed E-state index contributed by atoms with van der Waals surface area (Å²) in [6.07, 6.45) is 0. The molecule has 1 aromatic carbocycles. The smallest absolute Gasteiger partial charge is 0.0540 e. The Hall–Kier alpha value is -1.11. The molecule has 1 aromatic rings. The topological polar surface area (TPSA) is 12.4 Å². The van der Waals surface area contributed by atoms with Gasteiger partial charge in [0.15, 0.2) is 0 Å². The van der Waals surface area contributed by atoms with Crippen molar-refractivity contribution in [1.29, 1.82) is 0 Å². The number of rotatable bonds is 0. The number of aliphatic imine (C=N–C) groups is 1. The maximum Gasteiger partial charge on any atom is 0.0540 e. The van der Waals surface area contributed by atoms with E-state index in [9.17, 15) is 0 Å². The molecule has 68 valence electrons. The van der Waals surface area contributed by atoms with Gasteiger partial charge in [-0.05, 0) is 25.0 Å². The SMILES string of the molecule is CC1=NC(C)C(C)c2ccccc21. The van der Waals surface area contributed by atoms with Crippen LogP contribution in [-0.4, -0.2) is 11.8 Å². The molecule has 1 aliphatic heterocycles. The lowest BCUT2D eigenvalue weighted by Gasteiger charge is -2.25. The first-order chi connectivity index (χ1) is 6.20. The van der Waals surface area contributed by atoms with Gasteiger partial charge in [0.2, 0.25) is 0 Å². The predicted molar refractivity (Wildman–Crippen MR) is 56.5 cm³/mol. The zero-order chi connectivity index (χ0) is 9.42. The Bertz CT molecular complexity index is 352. The molecule has 13 heavy (non-hydrogen) atoms. The number of nitrogens with zero attached hydrogens (tertiary/aromatic N) is 1. The molecular weight excluding hydrogens is 158 g/mol. The van der Waals surface area contributed by atoms with Crippen LogP contribution in [0.4, 0.5) is 0 Å². The van der Waals surface area contributed by atoms with E-state index in [1.807, 2.05) is 0 Å². The van der Waals surface area contributed by atoms with E-state index in [2.05, 4.69) is 50.0 Å². The predicted octanol–water partition coefficient (Wildman–Crippen LogP) is 3.00. The third kappa shape index (κ3) is 1.28. The first-order valence-electron chi connectivity index (χ1n) is 4.84. The molecule has 0 radical (unpaired) electrons. The average Bonchev–Trinajstić information content (AvgIpc) is 2.15. The van der Waals surface area contributed by atoms with Crippen LogP contribution in [0.25, 0.3) is 0 Å². The lowest BCUT2D eigenvalue weighted by atomic mass is 9.86. The van der Waals surface area contributed by atoms with Gasteiger partial charge in [0.05, 0.1) is 6.04 Å². The molecular formula is C12H15N. The van der Waals surface area contributed by atoms with Crippen LogP contribution < -0.4 is 0 Å². The highest BCUT2D eigenvalue weighted by atomic mass is 14.8. The van der Waals surface area contributed by atoms with Gasteiger partial charge < -0.3 is 0 Å². The monoisotopic (exact) mass is 173 g/mol. The van der Waals surface area contributed by atoms with Gasteiger partial charge in [-0.15, -0.1) is 0 Å². The number of fused-ring (bicyclic) bond motifs is 1. The van der Waals surface area contributed by atoms with Gasteiger partial charge in [0.25, 0.3) is 0 Å². The quantitative estimate of drug-likeness (QED) is 0.572. The van der Waals surface area contributed by atoms with E-state index in [1.54, 1.807) is 0 Å². The minimum absolute atomic E-state index is 0.426. The van der Waals surface area contributed by atoms with Crippen LogP contribution in [0, 0.1) is 0 Å². The molecule has 1 heteroatoms. The van der Waals surface area contributed by atoms with E-state index in [0.717, 1.165) is 0 Å². The van der Waals surface area contributed by atoms with Crippen molar-refractivity contribution in [3.05, 3.63) is 35.4 Å². The fraction of sp³-hybridized carbons (Fsp3) is 0.417. The average molecular weight is 173 g/mol. The molecule has 0 saturated carbocycles. The minimum atomic E-state index is 0.426. The zero-order valence-electron chi connectivity index (χ0n) is 8.41. The minimum Gasteiger partial charge on any atom is -0.286 e. The molecule has 0 fully saturated rings. The van der Waals surface area contributed by atoms with Crippen LogP contribution in [0.5, 0.6) is 0 Å². The molecule has 0 aromatic heterocycles. The van der Waals surface area contributed by atoms with Gasteiger partial charge >= 0.3 is 0 Å². The molecule has 1 nitrogen and oxygen atoms in total. The Morgan fingerprint density at radius 3 is 2.62 bits per heavy atom. The van der Waals surface area contributed by atoms with Crippen LogP contribution in [0.15, 0.2) is 29.3 Å². The fourth-order valence-corrected chi connectivity index (χ4v) is 1.97. The summed E-state index contributed by atoms with van der Waals surface area (Å²) in [5.41, 5.74) is 3.96. The van der Waals surface area contributed by atoms with Gasteiger partial charge in [0.1, 0.15) is 0 Å². The Kier molecular flexibility index (Phi) is 1.95. The van der Waals surface area contributed by atoms with E-state index in [1.165, 1.54) is 16.8 Å². The number of benzene rings is 1.